The minimum atomic E-state index is -0.212. The van der Waals surface area contributed by atoms with Gasteiger partial charge in [0.2, 0.25) is 11.8 Å². The fourth-order valence-corrected chi connectivity index (χ4v) is 3.27. The lowest BCUT2D eigenvalue weighted by Gasteiger charge is -2.26. The van der Waals surface area contributed by atoms with E-state index in [9.17, 15) is 9.59 Å². The molecule has 2 aromatic carbocycles. The molecule has 2 amide bonds. The Bertz CT molecular complexity index is 975. The predicted octanol–water partition coefficient (Wildman–Crippen LogP) is 3.15. The number of hydrogen-bond acceptors (Lipinski definition) is 5. The van der Waals surface area contributed by atoms with Gasteiger partial charge in [0.25, 0.3) is 0 Å². The van der Waals surface area contributed by atoms with E-state index >= 15 is 0 Å². The molecule has 7 heteroatoms. The van der Waals surface area contributed by atoms with Crippen LogP contribution in [0.4, 0.5) is 11.4 Å². The van der Waals surface area contributed by atoms with Crippen LogP contribution in [0.2, 0.25) is 0 Å². The number of nitrogen functional groups attached to an aromatic ring is 1. The van der Waals surface area contributed by atoms with E-state index in [1.54, 1.807) is 17.9 Å². The number of nitrogens with one attached hydrogen (secondary N) is 1. The highest BCUT2D eigenvalue weighted by Gasteiger charge is 2.21. The van der Waals surface area contributed by atoms with Crippen LogP contribution in [0.5, 0.6) is 0 Å². The third kappa shape index (κ3) is 5.47. The van der Waals surface area contributed by atoms with Gasteiger partial charge in [-0.1, -0.05) is 30.3 Å². The molecule has 5 N–H and O–H groups in total. The fourth-order valence-electron chi connectivity index (χ4n) is 3.27. The number of rotatable bonds is 6. The SMILES string of the molecule is CC(N)=CC1=NCCCN1C(=O)CCC(=O)Nc1ccc(-c2ccccc2N)cc1. The first-order valence-electron chi connectivity index (χ1n) is 9.97. The van der Waals surface area contributed by atoms with Crippen LogP contribution in [0.1, 0.15) is 26.2 Å². The maximum Gasteiger partial charge on any atom is 0.228 e. The van der Waals surface area contributed by atoms with E-state index in [-0.39, 0.29) is 24.7 Å². The van der Waals surface area contributed by atoms with Gasteiger partial charge >= 0.3 is 0 Å². The average molecular weight is 406 g/mol. The van der Waals surface area contributed by atoms with Gasteiger partial charge in [-0.25, -0.2) is 0 Å². The van der Waals surface area contributed by atoms with E-state index in [1.165, 1.54) is 0 Å². The van der Waals surface area contributed by atoms with E-state index in [0.717, 1.165) is 17.5 Å². The number of hydrogen-bond donors (Lipinski definition) is 3. The lowest BCUT2D eigenvalue weighted by Crippen LogP contribution is -2.40. The number of carbonyl (C=O) groups excluding carboxylic acids is 2. The number of aliphatic imine (C=N–C) groups is 1. The van der Waals surface area contributed by atoms with Crippen molar-refractivity contribution in [1.82, 2.24) is 4.90 Å². The van der Waals surface area contributed by atoms with Crippen molar-refractivity contribution in [3.63, 3.8) is 0 Å². The van der Waals surface area contributed by atoms with E-state index < -0.39 is 0 Å². The lowest BCUT2D eigenvalue weighted by molar-refractivity contribution is -0.129. The maximum atomic E-state index is 12.6. The van der Waals surface area contributed by atoms with Crippen LogP contribution in [0.25, 0.3) is 11.1 Å². The van der Waals surface area contributed by atoms with Crippen LogP contribution in [0, 0.1) is 0 Å². The van der Waals surface area contributed by atoms with E-state index in [0.29, 0.717) is 36.0 Å². The van der Waals surface area contributed by atoms with Gasteiger partial charge in [0.15, 0.2) is 0 Å². The van der Waals surface area contributed by atoms with E-state index in [1.807, 2.05) is 48.5 Å². The summed E-state index contributed by atoms with van der Waals surface area (Å²) in [6.07, 6.45) is 2.71. The lowest BCUT2D eigenvalue weighted by atomic mass is 10.0. The summed E-state index contributed by atoms with van der Waals surface area (Å²) in [7, 11) is 0. The molecular formula is C23H27N5O2. The van der Waals surface area contributed by atoms with Gasteiger partial charge in [-0.15, -0.1) is 0 Å². The molecule has 0 spiro atoms. The van der Waals surface area contributed by atoms with Gasteiger partial charge < -0.3 is 16.8 Å². The first kappa shape index (κ1) is 21.1. The monoisotopic (exact) mass is 405 g/mol. The Hall–Kier alpha value is -3.61. The van der Waals surface area contributed by atoms with E-state index in [4.69, 9.17) is 11.5 Å². The summed E-state index contributed by atoms with van der Waals surface area (Å²) in [5.74, 6) is 0.231. The molecule has 30 heavy (non-hydrogen) atoms. The number of nitrogens with two attached hydrogens (primary N) is 2. The van der Waals surface area contributed by atoms with Crippen LogP contribution >= 0.6 is 0 Å². The Balaban J connectivity index is 1.55. The summed E-state index contributed by atoms with van der Waals surface area (Å²) in [5.41, 5.74) is 15.6. The second-order valence-electron chi connectivity index (χ2n) is 7.24. The van der Waals surface area contributed by atoms with Crippen LogP contribution in [-0.2, 0) is 9.59 Å². The maximum absolute atomic E-state index is 12.6. The largest absolute Gasteiger partial charge is 0.402 e. The molecule has 0 unspecified atom stereocenters. The third-order valence-electron chi connectivity index (χ3n) is 4.75. The van der Waals surface area contributed by atoms with Crippen LogP contribution < -0.4 is 16.8 Å². The normalized spacial score (nSPS) is 14.2. The average Bonchev–Trinajstić information content (AvgIpc) is 2.73. The molecule has 1 aliphatic rings. The standard InChI is InChI=1S/C23H27N5O2/c1-16(24)15-21-26-13-4-14-28(21)23(30)12-11-22(29)27-18-9-7-17(8-10-18)19-5-2-3-6-20(19)25/h2-3,5-10,15H,4,11-14,24-25H2,1H3,(H,27,29). The van der Waals surface area contributed by atoms with Crippen molar-refractivity contribution in [2.24, 2.45) is 10.7 Å². The minimum absolute atomic E-state index is 0.0985. The molecule has 0 atom stereocenters. The summed E-state index contributed by atoms with van der Waals surface area (Å²) >= 11 is 0. The highest BCUT2D eigenvalue weighted by molar-refractivity contribution is 6.05. The Labute approximate surface area is 176 Å². The molecule has 0 saturated heterocycles. The van der Waals surface area contributed by atoms with Crippen molar-refractivity contribution in [3.8, 4) is 11.1 Å². The van der Waals surface area contributed by atoms with E-state index in [2.05, 4.69) is 10.3 Å². The van der Waals surface area contributed by atoms with Crippen molar-refractivity contribution in [1.29, 1.82) is 0 Å². The molecular weight excluding hydrogens is 378 g/mol. The highest BCUT2D eigenvalue weighted by atomic mass is 16.2. The van der Waals surface area contributed by atoms with Crippen molar-refractivity contribution >= 4 is 29.0 Å². The molecule has 0 saturated carbocycles. The summed E-state index contributed by atoms with van der Waals surface area (Å²) in [6, 6.07) is 15.1. The molecule has 3 rings (SSSR count). The van der Waals surface area contributed by atoms with Crippen LogP contribution in [-0.4, -0.2) is 35.6 Å². The second-order valence-corrected chi connectivity index (χ2v) is 7.24. The van der Waals surface area contributed by atoms with Gasteiger partial charge in [0, 0.05) is 48.6 Å². The Morgan fingerprint density at radius 1 is 1.13 bits per heavy atom. The number of carbonyl (C=O) groups is 2. The second kappa shape index (κ2) is 9.73. The number of amidine groups is 1. The predicted molar refractivity (Wildman–Crippen MR) is 121 cm³/mol. The van der Waals surface area contributed by atoms with Crippen molar-refractivity contribution in [2.45, 2.75) is 26.2 Å². The molecule has 0 bridgehead atoms. The molecule has 1 aliphatic heterocycles. The van der Waals surface area contributed by atoms with Crippen LogP contribution in [0.3, 0.4) is 0 Å². The fraction of sp³-hybridized carbons (Fsp3) is 0.261. The quantitative estimate of drug-likeness (QED) is 0.641. The Morgan fingerprint density at radius 3 is 2.57 bits per heavy atom. The van der Waals surface area contributed by atoms with Crippen LogP contribution in [0.15, 0.2) is 65.3 Å². The van der Waals surface area contributed by atoms with Crippen molar-refractivity contribution < 1.29 is 9.59 Å². The third-order valence-corrected chi connectivity index (χ3v) is 4.75. The summed E-state index contributed by atoms with van der Waals surface area (Å²) in [6.45, 7) is 3.02. The van der Waals surface area contributed by atoms with Gasteiger partial charge in [-0.05, 0) is 43.2 Å². The van der Waals surface area contributed by atoms with Crippen molar-refractivity contribution in [3.05, 3.63) is 60.3 Å². The molecule has 156 valence electrons. The number of nitrogens with zero attached hydrogens (tertiary/aromatic N) is 2. The first-order valence-corrected chi connectivity index (χ1v) is 9.97. The number of allylic oxidation sites excluding steroid dienone is 1. The van der Waals surface area contributed by atoms with Gasteiger partial charge in [-0.3, -0.25) is 19.5 Å². The zero-order chi connectivity index (χ0) is 21.5. The Morgan fingerprint density at radius 2 is 1.87 bits per heavy atom. The molecule has 0 aliphatic carbocycles. The number of amides is 2. The number of para-hydroxylation sites is 1. The summed E-state index contributed by atoms with van der Waals surface area (Å²) in [4.78, 5) is 30.8. The number of anilines is 2. The first-order chi connectivity index (χ1) is 14.4. The van der Waals surface area contributed by atoms with Crippen molar-refractivity contribution in [2.75, 3.05) is 24.1 Å². The van der Waals surface area contributed by atoms with Gasteiger partial charge in [0.1, 0.15) is 5.84 Å². The summed E-state index contributed by atoms with van der Waals surface area (Å²) < 4.78 is 0. The van der Waals surface area contributed by atoms with Gasteiger partial charge in [-0.2, -0.15) is 0 Å². The zero-order valence-electron chi connectivity index (χ0n) is 17.1. The smallest absolute Gasteiger partial charge is 0.228 e. The summed E-state index contributed by atoms with van der Waals surface area (Å²) in [5, 5.41) is 2.83. The minimum Gasteiger partial charge on any atom is -0.402 e. The molecule has 0 aromatic heterocycles. The zero-order valence-corrected chi connectivity index (χ0v) is 17.1. The number of benzene rings is 2. The molecule has 2 aromatic rings. The molecule has 0 fully saturated rings. The molecule has 7 nitrogen and oxygen atoms in total. The van der Waals surface area contributed by atoms with Gasteiger partial charge in [0.05, 0.1) is 0 Å². The topological polar surface area (TPSA) is 114 Å². The highest BCUT2D eigenvalue weighted by Crippen LogP contribution is 2.26. The molecule has 1 heterocycles. The Kier molecular flexibility index (Phi) is 6.85. The molecule has 0 radical (unpaired) electrons.